The van der Waals surface area contributed by atoms with E-state index in [1.54, 1.807) is 0 Å². The molecule has 0 aliphatic rings. The van der Waals surface area contributed by atoms with Crippen molar-refractivity contribution in [1.29, 1.82) is 0 Å². The predicted octanol–water partition coefficient (Wildman–Crippen LogP) is 3.07. The van der Waals surface area contributed by atoms with Gasteiger partial charge in [0.05, 0.1) is 11.7 Å². The molecule has 2 N–H and O–H groups in total. The molecule has 0 unspecified atom stereocenters. The van der Waals surface area contributed by atoms with Gasteiger partial charge in [-0.2, -0.15) is 5.10 Å². The Balaban J connectivity index is 1.88. The summed E-state index contributed by atoms with van der Waals surface area (Å²) >= 11 is 0. The molecule has 0 radical (unpaired) electrons. The van der Waals surface area contributed by atoms with Crippen molar-refractivity contribution in [1.82, 2.24) is 20.4 Å². The summed E-state index contributed by atoms with van der Waals surface area (Å²) in [5.41, 5.74) is 2.96. The van der Waals surface area contributed by atoms with E-state index in [2.05, 4.69) is 42.7 Å². The molecule has 1 amide bonds. The largest absolute Gasteiger partial charge is 0.352 e. The lowest BCUT2D eigenvalue weighted by atomic mass is 10.1. The van der Waals surface area contributed by atoms with Crippen molar-refractivity contribution in [3.8, 4) is 0 Å². The average molecular weight is 328 g/mol. The van der Waals surface area contributed by atoms with Crippen LogP contribution in [0, 0.1) is 0 Å². The molecule has 24 heavy (non-hydrogen) atoms. The third-order valence-electron chi connectivity index (χ3n) is 3.71. The van der Waals surface area contributed by atoms with Crippen LogP contribution in [0.5, 0.6) is 0 Å². The Morgan fingerprint density at radius 1 is 1.21 bits per heavy atom. The number of amides is 1. The van der Waals surface area contributed by atoms with Gasteiger partial charge in [0, 0.05) is 37.0 Å². The zero-order chi connectivity index (χ0) is 17.6. The summed E-state index contributed by atoms with van der Waals surface area (Å²) in [6.07, 6.45) is 4.91. The number of hydrogen-bond acceptors (Lipinski definition) is 3. The number of carbonyl (C=O) groups is 1. The van der Waals surface area contributed by atoms with E-state index in [4.69, 9.17) is 0 Å². The van der Waals surface area contributed by atoms with Gasteiger partial charge in [-0.25, -0.2) is 0 Å². The standard InChI is InChI=1S/C19H28N4O/c1-5-9-21-18(24)17-8-6-7-15(10-17)11-20-12-16-13-22-23(14-16)19(2,3)4/h6-8,10,13-14,20H,5,9,11-12H2,1-4H3,(H,21,24). The van der Waals surface area contributed by atoms with E-state index < -0.39 is 0 Å². The van der Waals surface area contributed by atoms with E-state index in [0.717, 1.165) is 30.6 Å². The van der Waals surface area contributed by atoms with Gasteiger partial charge >= 0.3 is 0 Å². The van der Waals surface area contributed by atoms with E-state index in [-0.39, 0.29) is 11.4 Å². The minimum absolute atomic E-state index is 0.00156. The summed E-state index contributed by atoms with van der Waals surface area (Å²) in [5.74, 6) is -0.00912. The van der Waals surface area contributed by atoms with Crippen LogP contribution in [0.25, 0.3) is 0 Å². The molecule has 0 aliphatic carbocycles. The van der Waals surface area contributed by atoms with Gasteiger partial charge in [0.25, 0.3) is 5.91 Å². The van der Waals surface area contributed by atoms with Gasteiger partial charge in [0.2, 0.25) is 0 Å². The van der Waals surface area contributed by atoms with Crippen molar-refractivity contribution in [3.05, 3.63) is 53.3 Å². The first-order valence-electron chi connectivity index (χ1n) is 8.52. The fourth-order valence-electron chi connectivity index (χ4n) is 2.33. The van der Waals surface area contributed by atoms with Crippen molar-refractivity contribution >= 4 is 5.91 Å². The van der Waals surface area contributed by atoms with Gasteiger partial charge < -0.3 is 10.6 Å². The summed E-state index contributed by atoms with van der Waals surface area (Å²) in [7, 11) is 0. The maximum absolute atomic E-state index is 12.0. The van der Waals surface area contributed by atoms with Crippen LogP contribution in [0.15, 0.2) is 36.7 Å². The zero-order valence-electron chi connectivity index (χ0n) is 15.1. The quantitative estimate of drug-likeness (QED) is 0.821. The van der Waals surface area contributed by atoms with Crippen molar-refractivity contribution in [2.24, 2.45) is 0 Å². The second-order valence-corrected chi connectivity index (χ2v) is 7.02. The molecule has 0 saturated carbocycles. The number of carbonyl (C=O) groups excluding carboxylic acids is 1. The Morgan fingerprint density at radius 2 is 1.96 bits per heavy atom. The number of hydrogen-bond donors (Lipinski definition) is 2. The molecule has 130 valence electrons. The Labute approximate surface area is 144 Å². The molecule has 2 rings (SSSR count). The normalized spacial score (nSPS) is 11.5. The SMILES string of the molecule is CCCNC(=O)c1cccc(CNCc2cnn(C(C)(C)C)c2)c1. The summed E-state index contributed by atoms with van der Waals surface area (Å²) in [6, 6.07) is 7.75. The highest BCUT2D eigenvalue weighted by Crippen LogP contribution is 2.13. The molecule has 0 aliphatic heterocycles. The first kappa shape index (κ1) is 18.2. The molecule has 1 heterocycles. The van der Waals surface area contributed by atoms with Gasteiger partial charge in [0.15, 0.2) is 0 Å². The Morgan fingerprint density at radius 3 is 2.62 bits per heavy atom. The van der Waals surface area contributed by atoms with Crippen molar-refractivity contribution < 1.29 is 4.79 Å². The maximum Gasteiger partial charge on any atom is 0.251 e. The number of aromatic nitrogens is 2. The van der Waals surface area contributed by atoms with E-state index in [9.17, 15) is 4.79 Å². The van der Waals surface area contributed by atoms with E-state index in [1.165, 1.54) is 0 Å². The molecule has 5 nitrogen and oxygen atoms in total. The highest BCUT2D eigenvalue weighted by Gasteiger charge is 2.13. The van der Waals surface area contributed by atoms with Crippen LogP contribution < -0.4 is 10.6 Å². The smallest absolute Gasteiger partial charge is 0.251 e. The van der Waals surface area contributed by atoms with Gasteiger partial charge in [-0.05, 0) is 44.9 Å². The van der Waals surface area contributed by atoms with E-state index in [1.807, 2.05) is 42.1 Å². The molecule has 1 aromatic carbocycles. The minimum atomic E-state index is -0.00912. The fraction of sp³-hybridized carbons (Fsp3) is 0.474. The molecule has 0 saturated heterocycles. The lowest BCUT2D eigenvalue weighted by Gasteiger charge is -2.18. The number of nitrogens with zero attached hydrogens (tertiary/aromatic N) is 2. The third kappa shape index (κ3) is 5.20. The summed E-state index contributed by atoms with van der Waals surface area (Å²) in [5, 5.41) is 10.7. The summed E-state index contributed by atoms with van der Waals surface area (Å²) in [6.45, 7) is 10.6. The minimum Gasteiger partial charge on any atom is -0.352 e. The van der Waals surface area contributed by atoms with Crippen LogP contribution in [0.4, 0.5) is 0 Å². The molecule has 0 spiro atoms. The van der Waals surface area contributed by atoms with Crippen LogP contribution >= 0.6 is 0 Å². The Kier molecular flexibility index (Phi) is 6.15. The lowest BCUT2D eigenvalue weighted by Crippen LogP contribution is -2.24. The molecule has 0 bridgehead atoms. The molecule has 0 fully saturated rings. The Bertz CT molecular complexity index is 670. The summed E-state index contributed by atoms with van der Waals surface area (Å²) in [4.78, 5) is 12.0. The second-order valence-electron chi connectivity index (χ2n) is 7.02. The maximum atomic E-state index is 12.0. The highest BCUT2D eigenvalue weighted by molar-refractivity contribution is 5.94. The molecule has 5 heteroatoms. The predicted molar refractivity (Wildman–Crippen MR) is 96.8 cm³/mol. The van der Waals surface area contributed by atoms with Crippen molar-refractivity contribution in [3.63, 3.8) is 0 Å². The number of nitrogens with one attached hydrogen (secondary N) is 2. The van der Waals surface area contributed by atoms with Gasteiger partial charge in [-0.15, -0.1) is 0 Å². The fourth-order valence-corrected chi connectivity index (χ4v) is 2.33. The van der Waals surface area contributed by atoms with E-state index in [0.29, 0.717) is 12.1 Å². The van der Waals surface area contributed by atoms with Crippen molar-refractivity contribution in [2.45, 2.75) is 52.7 Å². The molecule has 2 aromatic rings. The van der Waals surface area contributed by atoms with Crippen LogP contribution in [0.2, 0.25) is 0 Å². The van der Waals surface area contributed by atoms with Gasteiger partial charge in [-0.3, -0.25) is 9.48 Å². The summed E-state index contributed by atoms with van der Waals surface area (Å²) < 4.78 is 1.97. The average Bonchev–Trinajstić information content (AvgIpc) is 3.02. The van der Waals surface area contributed by atoms with Crippen molar-refractivity contribution in [2.75, 3.05) is 6.54 Å². The highest BCUT2D eigenvalue weighted by atomic mass is 16.1. The molecule has 1 aromatic heterocycles. The number of rotatable bonds is 7. The topological polar surface area (TPSA) is 59.0 Å². The first-order chi connectivity index (χ1) is 11.4. The first-order valence-corrected chi connectivity index (χ1v) is 8.52. The lowest BCUT2D eigenvalue weighted by molar-refractivity contribution is 0.0953. The van der Waals surface area contributed by atoms with Crippen LogP contribution in [0.1, 0.15) is 55.6 Å². The molecule has 0 atom stereocenters. The molecular weight excluding hydrogens is 300 g/mol. The van der Waals surface area contributed by atoms with Crippen LogP contribution in [-0.4, -0.2) is 22.2 Å². The van der Waals surface area contributed by atoms with Gasteiger partial charge in [0.1, 0.15) is 0 Å². The van der Waals surface area contributed by atoms with Gasteiger partial charge in [-0.1, -0.05) is 19.1 Å². The van der Waals surface area contributed by atoms with Crippen LogP contribution in [0.3, 0.4) is 0 Å². The monoisotopic (exact) mass is 328 g/mol. The number of benzene rings is 1. The van der Waals surface area contributed by atoms with Crippen LogP contribution in [-0.2, 0) is 18.6 Å². The second kappa shape index (κ2) is 8.11. The van der Waals surface area contributed by atoms with E-state index >= 15 is 0 Å². The molecular formula is C19H28N4O. The third-order valence-corrected chi connectivity index (χ3v) is 3.71. The Hall–Kier alpha value is -2.14. The zero-order valence-corrected chi connectivity index (χ0v) is 15.1.